The van der Waals surface area contributed by atoms with Gasteiger partial charge in [-0.1, -0.05) is 0 Å². The summed E-state index contributed by atoms with van der Waals surface area (Å²) in [6, 6.07) is 0. The third-order valence-corrected chi connectivity index (χ3v) is 1.38. The van der Waals surface area contributed by atoms with E-state index in [0.29, 0.717) is 0 Å². The maximum atomic E-state index is 10.5. The summed E-state index contributed by atoms with van der Waals surface area (Å²) in [5.41, 5.74) is -1.42. The topological polar surface area (TPSA) is 70.7 Å². The molecular weight excluding hydrogens is 200 g/mol. The van der Waals surface area contributed by atoms with Gasteiger partial charge in [-0.25, -0.2) is 0 Å². The molecule has 12 heavy (non-hydrogen) atoms. The Morgan fingerprint density at radius 1 is 1.25 bits per heavy atom. The van der Waals surface area contributed by atoms with Crippen molar-refractivity contribution >= 4 is 71.3 Å². The number of hydrogen-bond acceptors (Lipinski definition) is 3. The van der Waals surface area contributed by atoms with E-state index >= 15 is 0 Å². The van der Waals surface area contributed by atoms with Crippen molar-refractivity contribution in [3.63, 3.8) is 0 Å². The molecule has 0 fully saturated rings. The van der Waals surface area contributed by atoms with Crippen LogP contribution in [0.4, 0.5) is 0 Å². The molecule has 58 valence electrons. The zero-order valence-corrected chi connectivity index (χ0v) is 5.99. The average molecular weight is 207 g/mol. The molecule has 0 aliphatic rings. The Kier molecular flexibility index (Phi) is 8.05. The standard InChI is InChI=1S/C4H5N3O2S.2Na.2H/c1-7-4(10)5-2(8)3(9)6-7;;;;/h1H3,(H,6,9)(H,5,8,10);;;;. The summed E-state index contributed by atoms with van der Waals surface area (Å²) < 4.78 is 1.46. The SMILES string of the molecule is Cn1[nH]c(=O)c(=O)[nH]c1=S.[NaH].[NaH]. The minimum atomic E-state index is -0.719. The van der Waals surface area contributed by atoms with Gasteiger partial charge in [-0.3, -0.25) is 24.4 Å². The van der Waals surface area contributed by atoms with Gasteiger partial charge in [0.1, 0.15) is 0 Å². The molecule has 0 amide bonds. The Labute approximate surface area is 117 Å². The first kappa shape index (κ1) is 15.3. The van der Waals surface area contributed by atoms with Crippen LogP contribution in [-0.2, 0) is 7.05 Å². The molecule has 8 heteroatoms. The summed E-state index contributed by atoms with van der Waals surface area (Å²) in [4.78, 5) is 23.2. The number of nitrogens with zero attached hydrogens (tertiary/aromatic N) is 1. The Hall–Kier alpha value is 0.830. The van der Waals surface area contributed by atoms with Crippen molar-refractivity contribution in [1.29, 1.82) is 0 Å². The minimum absolute atomic E-state index is 0. The number of rotatable bonds is 0. The fourth-order valence-corrected chi connectivity index (χ4v) is 0.630. The molecule has 0 unspecified atom stereocenters. The van der Waals surface area contributed by atoms with Crippen LogP contribution in [0.5, 0.6) is 0 Å². The van der Waals surface area contributed by atoms with Gasteiger partial charge < -0.3 is 0 Å². The first-order chi connectivity index (χ1) is 4.61. The van der Waals surface area contributed by atoms with E-state index in [1.165, 1.54) is 4.68 Å². The fraction of sp³-hybridized carbons (Fsp3) is 0.250. The number of aryl methyl sites for hydroxylation is 1. The van der Waals surface area contributed by atoms with Crippen molar-refractivity contribution in [2.24, 2.45) is 7.05 Å². The second kappa shape index (κ2) is 6.31. The molecule has 0 atom stereocenters. The summed E-state index contributed by atoms with van der Waals surface area (Å²) in [5, 5.41) is 2.22. The summed E-state index contributed by atoms with van der Waals surface area (Å²) in [6.45, 7) is 0. The van der Waals surface area contributed by atoms with E-state index in [1.807, 2.05) is 0 Å². The Bertz CT molecular complexity index is 406. The molecule has 5 nitrogen and oxygen atoms in total. The first-order valence-corrected chi connectivity index (χ1v) is 2.92. The molecule has 1 rings (SSSR count). The van der Waals surface area contributed by atoms with E-state index in [2.05, 4.69) is 22.3 Å². The van der Waals surface area contributed by atoms with Crippen LogP contribution in [0, 0.1) is 4.77 Å². The molecule has 1 heterocycles. The predicted molar refractivity (Wildman–Crippen MR) is 51.8 cm³/mol. The van der Waals surface area contributed by atoms with Crippen molar-refractivity contribution in [2.45, 2.75) is 0 Å². The molecule has 1 aromatic heterocycles. The maximum absolute atomic E-state index is 10.5. The molecule has 2 N–H and O–H groups in total. The van der Waals surface area contributed by atoms with Crippen molar-refractivity contribution in [3.8, 4) is 0 Å². The number of aromatic amines is 2. The van der Waals surface area contributed by atoms with E-state index in [1.54, 1.807) is 7.05 Å². The summed E-state index contributed by atoms with van der Waals surface area (Å²) in [7, 11) is 1.54. The van der Waals surface area contributed by atoms with Gasteiger partial charge in [0.2, 0.25) is 0 Å². The predicted octanol–water partition coefficient (Wildman–Crippen LogP) is -2.17. The number of H-pyrrole nitrogens is 2. The van der Waals surface area contributed by atoms with Gasteiger partial charge in [0.25, 0.3) is 0 Å². The van der Waals surface area contributed by atoms with Crippen molar-refractivity contribution in [3.05, 3.63) is 25.5 Å². The van der Waals surface area contributed by atoms with Gasteiger partial charge in [-0.05, 0) is 12.2 Å². The van der Waals surface area contributed by atoms with Crippen LogP contribution in [0.3, 0.4) is 0 Å². The zero-order chi connectivity index (χ0) is 7.72. The third-order valence-electron chi connectivity index (χ3n) is 1.00. The van der Waals surface area contributed by atoms with Crippen LogP contribution in [0.25, 0.3) is 0 Å². The number of aromatic nitrogens is 3. The van der Waals surface area contributed by atoms with Crippen molar-refractivity contribution in [1.82, 2.24) is 14.8 Å². The number of nitrogens with one attached hydrogen (secondary N) is 2. The average Bonchev–Trinajstić information content (AvgIpc) is 1.84. The van der Waals surface area contributed by atoms with E-state index < -0.39 is 11.1 Å². The van der Waals surface area contributed by atoms with E-state index in [-0.39, 0.29) is 63.9 Å². The molecule has 0 spiro atoms. The van der Waals surface area contributed by atoms with E-state index in [0.717, 1.165) is 0 Å². The molecule has 1 aromatic rings. The zero-order valence-electron chi connectivity index (χ0n) is 5.17. The van der Waals surface area contributed by atoms with Gasteiger partial charge in [-0.15, -0.1) is 0 Å². The molecule has 0 aromatic carbocycles. The molecule has 0 saturated carbocycles. The van der Waals surface area contributed by atoms with Crippen LogP contribution in [-0.4, -0.2) is 73.9 Å². The van der Waals surface area contributed by atoms with Gasteiger partial charge in [-0.2, -0.15) is 0 Å². The molecule has 0 saturated heterocycles. The Balaban J connectivity index is 0. The molecule has 0 radical (unpaired) electrons. The van der Waals surface area contributed by atoms with Crippen LogP contribution < -0.4 is 11.1 Å². The van der Waals surface area contributed by atoms with Gasteiger partial charge in [0.05, 0.1) is 0 Å². The number of hydrogen-bond donors (Lipinski definition) is 2. The first-order valence-electron chi connectivity index (χ1n) is 2.51. The third kappa shape index (κ3) is 3.69. The van der Waals surface area contributed by atoms with E-state index in [4.69, 9.17) is 0 Å². The molecular formula is C4H7N3Na2O2S. The van der Waals surface area contributed by atoms with E-state index in [9.17, 15) is 9.59 Å². The van der Waals surface area contributed by atoms with Crippen LogP contribution >= 0.6 is 12.2 Å². The second-order valence-corrected chi connectivity index (χ2v) is 2.15. The quantitative estimate of drug-likeness (QED) is 0.289. The normalized spacial score (nSPS) is 8.08. The van der Waals surface area contributed by atoms with Crippen LogP contribution in [0.15, 0.2) is 9.59 Å². The second-order valence-electron chi connectivity index (χ2n) is 1.76. The molecule has 0 bridgehead atoms. The molecule has 0 aliphatic heterocycles. The summed E-state index contributed by atoms with van der Waals surface area (Å²) in [5.74, 6) is 0. The van der Waals surface area contributed by atoms with Gasteiger partial charge in [0, 0.05) is 7.05 Å². The van der Waals surface area contributed by atoms with Crippen LogP contribution in [0.1, 0.15) is 0 Å². The van der Waals surface area contributed by atoms with Crippen LogP contribution in [0.2, 0.25) is 0 Å². The van der Waals surface area contributed by atoms with Crippen molar-refractivity contribution in [2.75, 3.05) is 0 Å². The summed E-state index contributed by atoms with van der Waals surface area (Å²) >= 11 is 4.64. The monoisotopic (exact) mass is 207 g/mol. The Morgan fingerprint density at radius 3 is 2.17 bits per heavy atom. The van der Waals surface area contributed by atoms with Crippen molar-refractivity contribution < 1.29 is 0 Å². The summed E-state index contributed by atoms with van der Waals surface area (Å²) in [6.07, 6.45) is 0. The Morgan fingerprint density at radius 2 is 1.75 bits per heavy atom. The molecule has 0 aliphatic carbocycles. The fourth-order valence-electron chi connectivity index (χ4n) is 0.492. The van der Waals surface area contributed by atoms with Gasteiger partial charge >= 0.3 is 70.2 Å². The van der Waals surface area contributed by atoms with Gasteiger partial charge in [0.15, 0.2) is 4.77 Å².